The molecule has 0 aliphatic carbocycles. The molecule has 0 amide bonds. The summed E-state index contributed by atoms with van der Waals surface area (Å²) in [5, 5.41) is 3.47. The molecule has 0 unspecified atom stereocenters. The van der Waals surface area contributed by atoms with Gasteiger partial charge in [-0.15, -0.1) is 0 Å². The summed E-state index contributed by atoms with van der Waals surface area (Å²) < 4.78 is 6.04. The SMILES string of the molecule is Cc1ccc(OC[C@H]2CCCN2)c(C(C)(C)C)c1. The molecule has 1 atom stereocenters. The molecule has 0 radical (unpaired) electrons. The fourth-order valence-corrected chi connectivity index (χ4v) is 2.45. The van der Waals surface area contributed by atoms with Gasteiger partial charge in [0.25, 0.3) is 0 Å². The predicted molar refractivity (Wildman–Crippen MR) is 76.4 cm³/mol. The van der Waals surface area contributed by atoms with Gasteiger partial charge in [0.1, 0.15) is 12.4 Å². The molecule has 2 heteroatoms. The Morgan fingerprint density at radius 3 is 2.72 bits per heavy atom. The summed E-state index contributed by atoms with van der Waals surface area (Å²) in [6, 6.07) is 7.02. The van der Waals surface area contributed by atoms with Crippen LogP contribution < -0.4 is 10.1 Å². The van der Waals surface area contributed by atoms with E-state index in [1.54, 1.807) is 0 Å². The molecular formula is C16H25NO. The molecule has 1 N–H and O–H groups in total. The summed E-state index contributed by atoms with van der Waals surface area (Å²) in [5.41, 5.74) is 2.73. The van der Waals surface area contributed by atoms with Gasteiger partial charge in [-0.25, -0.2) is 0 Å². The van der Waals surface area contributed by atoms with Crippen LogP contribution in [0.15, 0.2) is 18.2 Å². The first-order valence-corrected chi connectivity index (χ1v) is 6.94. The quantitative estimate of drug-likeness (QED) is 0.883. The van der Waals surface area contributed by atoms with E-state index in [1.165, 1.54) is 24.0 Å². The zero-order valence-corrected chi connectivity index (χ0v) is 12.0. The number of benzene rings is 1. The van der Waals surface area contributed by atoms with E-state index in [2.05, 4.69) is 51.2 Å². The van der Waals surface area contributed by atoms with Gasteiger partial charge in [-0.1, -0.05) is 38.5 Å². The fraction of sp³-hybridized carbons (Fsp3) is 0.625. The van der Waals surface area contributed by atoms with Crippen molar-refractivity contribution in [2.45, 2.75) is 52.0 Å². The minimum Gasteiger partial charge on any atom is -0.492 e. The standard InChI is InChI=1S/C16H25NO/c1-12-7-8-15(14(10-12)16(2,3)4)18-11-13-6-5-9-17-13/h7-8,10,13,17H,5-6,9,11H2,1-4H3/t13-/m1/s1. The Labute approximate surface area is 111 Å². The molecule has 0 bridgehead atoms. The van der Waals surface area contributed by atoms with Crippen molar-refractivity contribution in [2.24, 2.45) is 0 Å². The molecule has 1 aliphatic heterocycles. The lowest BCUT2D eigenvalue weighted by atomic mass is 9.85. The van der Waals surface area contributed by atoms with Crippen LogP contribution in [0.4, 0.5) is 0 Å². The molecule has 1 aromatic carbocycles. The number of nitrogens with one attached hydrogen (secondary N) is 1. The van der Waals surface area contributed by atoms with Crippen molar-refractivity contribution in [2.75, 3.05) is 13.2 Å². The Bertz CT molecular complexity index is 400. The molecule has 1 fully saturated rings. The van der Waals surface area contributed by atoms with Gasteiger partial charge in [-0.3, -0.25) is 0 Å². The second-order valence-electron chi connectivity index (χ2n) is 6.35. The predicted octanol–water partition coefficient (Wildman–Crippen LogP) is 3.42. The van der Waals surface area contributed by atoms with Crippen LogP contribution in [0.2, 0.25) is 0 Å². The Morgan fingerprint density at radius 2 is 2.11 bits per heavy atom. The van der Waals surface area contributed by atoms with Gasteiger partial charge in [-0.2, -0.15) is 0 Å². The van der Waals surface area contributed by atoms with Crippen LogP contribution in [0.1, 0.15) is 44.7 Å². The first-order valence-electron chi connectivity index (χ1n) is 6.94. The van der Waals surface area contributed by atoms with Crippen molar-refractivity contribution in [3.63, 3.8) is 0 Å². The highest BCUT2D eigenvalue weighted by Gasteiger charge is 2.20. The van der Waals surface area contributed by atoms with E-state index in [0.717, 1.165) is 18.9 Å². The third kappa shape index (κ3) is 3.26. The van der Waals surface area contributed by atoms with E-state index < -0.39 is 0 Å². The number of aryl methyl sites for hydroxylation is 1. The fourth-order valence-electron chi connectivity index (χ4n) is 2.45. The van der Waals surface area contributed by atoms with Crippen molar-refractivity contribution >= 4 is 0 Å². The Morgan fingerprint density at radius 1 is 1.33 bits per heavy atom. The van der Waals surface area contributed by atoms with Crippen molar-refractivity contribution in [1.82, 2.24) is 5.32 Å². The molecule has 0 aromatic heterocycles. The Kier molecular flexibility index (Phi) is 3.96. The summed E-state index contributed by atoms with van der Waals surface area (Å²) in [6.45, 7) is 10.8. The second-order valence-corrected chi connectivity index (χ2v) is 6.35. The van der Waals surface area contributed by atoms with Crippen LogP contribution in [0.5, 0.6) is 5.75 Å². The summed E-state index contributed by atoms with van der Waals surface area (Å²) >= 11 is 0. The molecule has 1 aliphatic rings. The van der Waals surface area contributed by atoms with E-state index in [1.807, 2.05) is 0 Å². The van der Waals surface area contributed by atoms with E-state index in [0.29, 0.717) is 6.04 Å². The summed E-state index contributed by atoms with van der Waals surface area (Å²) in [6.07, 6.45) is 2.50. The zero-order chi connectivity index (χ0) is 13.2. The van der Waals surface area contributed by atoms with E-state index in [9.17, 15) is 0 Å². The number of hydrogen-bond donors (Lipinski definition) is 1. The highest BCUT2D eigenvalue weighted by atomic mass is 16.5. The van der Waals surface area contributed by atoms with Crippen molar-refractivity contribution < 1.29 is 4.74 Å². The van der Waals surface area contributed by atoms with Crippen LogP contribution >= 0.6 is 0 Å². The van der Waals surface area contributed by atoms with Crippen molar-refractivity contribution in [3.8, 4) is 5.75 Å². The third-order valence-corrected chi connectivity index (χ3v) is 3.55. The first-order chi connectivity index (χ1) is 8.47. The van der Waals surface area contributed by atoms with Crippen LogP contribution in [-0.2, 0) is 5.41 Å². The highest BCUT2D eigenvalue weighted by Crippen LogP contribution is 2.32. The first kappa shape index (κ1) is 13.4. The highest BCUT2D eigenvalue weighted by molar-refractivity contribution is 5.41. The van der Waals surface area contributed by atoms with Gasteiger partial charge >= 0.3 is 0 Å². The van der Waals surface area contributed by atoms with Crippen LogP contribution in [0, 0.1) is 6.92 Å². The van der Waals surface area contributed by atoms with Gasteiger partial charge in [0.05, 0.1) is 0 Å². The topological polar surface area (TPSA) is 21.3 Å². The monoisotopic (exact) mass is 247 g/mol. The van der Waals surface area contributed by atoms with Gasteiger partial charge < -0.3 is 10.1 Å². The molecule has 2 nitrogen and oxygen atoms in total. The van der Waals surface area contributed by atoms with Crippen molar-refractivity contribution in [1.29, 1.82) is 0 Å². The molecule has 0 saturated carbocycles. The summed E-state index contributed by atoms with van der Waals surface area (Å²) in [5.74, 6) is 1.04. The number of rotatable bonds is 3. The third-order valence-electron chi connectivity index (χ3n) is 3.55. The minimum atomic E-state index is 0.129. The van der Waals surface area contributed by atoms with Crippen LogP contribution in [0.3, 0.4) is 0 Å². The van der Waals surface area contributed by atoms with E-state index in [-0.39, 0.29) is 5.41 Å². The lowest BCUT2D eigenvalue weighted by molar-refractivity contribution is 0.271. The second kappa shape index (κ2) is 5.31. The summed E-state index contributed by atoms with van der Waals surface area (Å²) in [4.78, 5) is 0. The molecule has 2 rings (SSSR count). The maximum Gasteiger partial charge on any atom is 0.123 e. The molecule has 100 valence electrons. The smallest absolute Gasteiger partial charge is 0.123 e. The average molecular weight is 247 g/mol. The maximum atomic E-state index is 6.04. The lowest BCUT2D eigenvalue weighted by Crippen LogP contribution is -2.28. The zero-order valence-electron chi connectivity index (χ0n) is 12.0. The summed E-state index contributed by atoms with van der Waals surface area (Å²) in [7, 11) is 0. The molecular weight excluding hydrogens is 222 g/mol. The Hall–Kier alpha value is -1.02. The maximum absolute atomic E-state index is 6.04. The van der Waals surface area contributed by atoms with E-state index in [4.69, 9.17) is 4.74 Å². The van der Waals surface area contributed by atoms with Crippen LogP contribution in [0.25, 0.3) is 0 Å². The average Bonchev–Trinajstić information content (AvgIpc) is 2.79. The molecule has 1 saturated heterocycles. The van der Waals surface area contributed by atoms with Gasteiger partial charge in [0.2, 0.25) is 0 Å². The Balaban J connectivity index is 2.11. The van der Waals surface area contributed by atoms with Gasteiger partial charge in [0.15, 0.2) is 0 Å². The molecule has 1 heterocycles. The number of ether oxygens (including phenoxy) is 1. The van der Waals surface area contributed by atoms with Crippen molar-refractivity contribution in [3.05, 3.63) is 29.3 Å². The largest absolute Gasteiger partial charge is 0.492 e. The van der Waals surface area contributed by atoms with E-state index >= 15 is 0 Å². The van der Waals surface area contributed by atoms with Crippen LogP contribution in [-0.4, -0.2) is 19.2 Å². The molecule has 0 spiro atoms. The lowest BCUT2D eigenvalue weighted by Gasteiger charge is -2.24. The number of hydrogen-bond acceptors (Lipinski definition) is 2. The van der Waals surface area contributed by atoms with Gasteiger partial charge in [0, 0.05) is 6.04 Å². The normalized spacial score (nSPS) is 20.1. The molecule has 18 heavy (non-hydrogen) atoms. The van der Waals surface area contributed by atoms with Gasteiger partial charge in [-0.05, 0) is 43.4 Å². The minimum absolute atomic E-state index is 0.129. The molecule has 1 aromatic rings.